The average Bonchev–Trinajstić information content (AvgIpc) is 2.52. The number of ether oxygens (including phenoxy) is 1. The fourth-order valence-corrected chi connectivity index (χ4v) is 2.31. The molecule has 3 heteroatoms. The molecule has 0 aliphatic rings. The summed E-state index contributed by atoms with van der Waals surface area (Å²) in [6.07, 6.45) is 0. The van der Waals surface area contributed by atoms with E-state index in [2.05, 4.69) is 49.5 Å². The van der Waals surface area contributed by atoms with Gasteiger partial charge in [0, 0.05) is 18.2 Å². The van der Waals surface area contributed by atoms with Crippen molar-refractivity contribution in [1.82, 2.24) is 5.32 Å². The number of nitrogens with zero attached hydrogens (tertiary/aromatic N) is 1. The molecule has 1 atom stereocenters. The molecule has 0 radical (unpaired) electrons. The smallest absolute Gasteiger partial charge is 0.123 e. The number of aryl methyl sites for hydroxylation is 1. The molecule has 0 aliphatic heterocycles. The minimum atomic E-state index is 0.236. The number of benzene rings is 2. The number of methoxy groups -OCH3 is 1. The molecule has 0 spiro atoms. The van der Waals surface area contributed by atoms with Gasteiger partial charge in [-0.2, -0.15) is 5.26 Å². The summed E-state index contributed by atoms with van der Waals surface area (Å²) in [5.41, 5.74) is 4.16. The predicted octanol–water partition coefficient (Wildman–Crippen LogP) is 3.73. The molecule has 0 heterocycles. The van der Waals surface area contributed by atoms with Crippen molar-refractivity contribution < 1.29 is 4.74 Å². The van der Waals surface area contributed by atoms with E-state index in [0.29, 0.717) is 12.1 Å². The van der Waals surface area contributed by atoms with E-state index in [1.807, 2.05) is 12.1 Å². The highest BCUT2D eigenvalue weighted by Gasteiger charge is 2.08. The summed E-state index contributed by atoms with van der Waals surface area (Å²) in [5.74, 6) is 0.804. The maximum absolute atomic E-state index is 9.00. The molecule has 0 unspecified atom stereocenters. The predicted molar refractivity (Wildman–Crippen MR) is 84.1 cm³/mol. The van der Waals surface area contributed by atoms with Crippen LogP contribution in [-0.4, -0.2) is 7.11 Å². The van der Waals surface area contributed by atoms with Crippen LogP contribution < -0.4 is 10.1 Å². The van der Waals surface area contributed by atoms with Crippen LogP contribution in [0.3, 0.4) is 0 Å². The molecule has 0 saturated heterocycles. The van der Waals surface area contributed by atoms with E-state index in [0.717, 1.165) is 11.3 Å². The highest BCUT2D eigenvalue weighted by atomic mass is 16.5. The Bertz CT molecular complexity index is 659. The van der Waals surface area contributed by atoms with Gasteiger partial charge in [0.25, 0.3) is 0 Å². The summed E-state index contributed by atoms with van der Waals surface area (Å²) in [5, 5.41) is 12.5. The van der Waals surface area contributed by atoms with Gasteiger partial charge >= 0.3 is 0 Å². The first-order valence-corrected chi connectivity index (χ1v) is 7.01. The Morgan fingerprint density at radius 2 is 2.05 bits per heavy atom. The minimum Gasteiger partial charge on any atom is -0.496 e. The summed E-state index contributed by atoms with van der Waals surface area (Å²) in [6.45, 7) is 4.89. The quantitative estimate of drug-likeness (QED) is 0.907. The van der Waals surface area contributed by atoms with Crippen LogP contribution in [-0.2, 0) is 6.54 Å². The summed E-state index contributed by atoms with van der Waals surface area (Å²) in [4.78, 5) is 0. The van der Waals surface area contributed by atoms with E-state index in [4.69, 9.17) is 10.00 Å². The molecular weight excluding hydrogens is 260 g/mol. The van der Waals surface area contributed by atoms with E-state index in [1.165, 1.54) is 11.1 Å². The molecule has 108 valence electrons. The Kier molecular flexibility index (Phi) is 4.97. The third kappa shape index (κ3) is 3.84. The van der Waals surface area contributed by atoms with E-state index >= 15 is 0 Å². The van der Waals surface area contributed by atoms with Crippen molar-refractivity contribution in [3.05, 3.63) is 64.7 Å². The molecular formula is C18H20N2O. The van der Waals surface area contributed by atoms with E-state index in [1.54, 1.807) is 13.2 Å². The van der Waals surface area contributed by atoms with E-state index in [-0.39, 0.29) is 6.04 Å². The fourth-order valence-electron chi connectivity index (χ4n) is 2.31. The summed E-state index contributed by atoms with van der Waals surface area (Å²) < 4.78 is 5.35. The largest absolute Gasteiger partial charge is 0.496 e. The topological polar surface area (TPSA) is 45.0 Å². The second kappa shape index (κ2) is 6.92. The van der Waals surface area contributed by atoms with Crippen molar-refractivity contribution in [3.8, 4) is 11.8 Å². The molecule has 1 N–H and O–H groups in total. The number of rotatable bonds is 5. The zero-order valence-electron chi connectivity index (χ0n) is 12.7. The lowest BCUT2D eigenvalue weighted by Gasteiger charge is -2.16. The SMILES string of the molecule is COc1ccc(C#N)cc1CN[C@@H](C)c1cccc(C)c1. The molecule has 0 aliphatic carbocycles. The lowest BCUT2D eigenvalue weighted by atomic mass is 10.0. The normalized spacial score (nSPS) is 11.7. The summed E-state index contributed by atoms with van der Waals surface area (Å²) in [6, 6.07) is 16.3. The van der Waals surface area contributed by atoms with Crippen molar-refractivity contribution in [2.24, 2.45) is 0 Å². The molecule has 0 fully saturated rings. The third-order valence-corrected chi connectivity index (χ3v) is 3.55. The van der Waals surface area contributed by atoms with Crippen molar-refractivity contribution in [2.75, 3.05) is 7.11 Å². The van der Waals surface area contributed by atoms with Crippen LogP contribution in [0.25, 0.3) is 0 Å². The van der Waals surface area contributed by atoms with Crippen LogP contribution in [0.4, 0.5) is 0 Å². The van der Waals surface area contributed by atoms with Gasteiger partial charge in [0.05, 0.1) is 18.7 Å². The standard InChI is InChI=1S/C18H20N2O/c1-13-5-4-6-16(9-13)14(2)20-12-17-10-15(11-19)7-8-18(17)21-3/h4-10,14,20H,12H2,1-3H3/t14-/m0/s1. The van der Waals surface area contributed by atoms with Gasteiger partial charge in [-0.1, -0.05) is 29.8 Å². The Hall–Kier alpha value is -2.31. The maximum atomic E-state index is 9.00. The number of hydrogen-bond donors (Lipinski definition) is 1. The lowest BCUT2D eigenvalue weighted by Crippen LogP contribution is -2.18. The third-order valence-electron chi connectivity index (χ3n) is 3.55. The second-order valence-corrected chi connectivity index (χ2v) is 5.16. The first kappa shape index (κ1) is 15.1. The van der Waals surface area contributed by atoms with Crippen LogP contribution in [0.5, 0.6) is 5.75 Å². The highest BCUT2D eigenvalue weighted by molar-refractivity contribution is 5.42. The average molecular weight is 280 g/mol. The van der Waals surface area contributed by atoms with Crippen molar-refractivity contribution in [1.29, 1.82) is 5.26 Å². The highest BCUT2D eigenvalue weighted by Crippen LogP contribution is 2.21. The summed E-state index contributed by atoms with van der Waals surface area (Å²) in [7, 11) is 1.65. The van der Waals surface area contributed by atoms with Gasteiger partial charge < -0.3 is 10.1 Å². The van der Waals surface area contributed by atoms with Gasteiger partial charge in [-0.25, -0.2) is 0 Å². The van der Waals surface area contributed by atoms with Gasteiger partial charge in [-0.05, 0) is 37.6 Å². The van der Waals surface area contributed by atoms with E-state index in [9.17, 15) is 0 Å². The molecule has 2 aromatic carbocycles. The van der Waals surface area contributed by atoms with Crippen molar-refractivity contribution in [2.45, 2.75) is 26.4 Å². The van der Waals surface area contributed by atoms with Crippen molar-refractivity contribution in [3.63, 3.8) is 0 Å². The van der Waals surface area contributed by atoms with Gasteiger partial charge in [-0.3, -0.25) is 0 Å². The van der Waals surface area contributed by atoms with E-state index < -0.39 is 0 Å². The van der Waals surface area contributed by atoms with Gasteiger partial charge in [0.2, 0.25) is 0 Å². The molecule has 3 nitrogen and oxygen atoms in total. The Balaban J connectivity index is 2.10. The molecule has 0 aromatic heterocycles. The molecule has 0 saturated carbocycles. The lowest BCUT2D eigenvalue weighted by molar-refractivity contribution is 0.406. The first-order chi connectivity index (χ1) is 10.1. The number of nitrogens with one attached hydrogen (secondary N) is 1. The molecule has 0 amide bonds. The van der Waals surface area contributed by atoms with Crippen LogP contribution in [0.2, 0.25) is 0 Å². The van der Waals surface area contributed by atoms with Crippen LogP contribution in [0, 0.1) is 18.3 Å². The van der Waals surface area contributed by atoms with Crippen molar-refractivity contribution >= 4 is 0 Å². The molecule has 21 heavy (non-hydrogen) atoms. The number of hydrogen-bond acceptors (Lipinski definition) is 3. The monoisotopic (exact) mass is 280 g/mol. The minimum absolute atomic E-state index is 0.236. The molecule has 2 rings (SSSR count). The maximum Gasteiger partial charge on any atom is 0.123 e. The van der Waals surface area contributed by atoms with Gasteiger partial charge in [-0.15, -0.1) is 0 Å². The molecule has 0 bridgehead atoms. The van der Waals surface area contributed by atoms with Crippen LogP contribution >= 0.6 is 0 Å². The second-order valence-electron chi connectivity index (χ2n) is 5.16. The van der Waals surface area contributed by atoms with Gasteiger partial charge in [0.1, 0.15) is 5.75 Å². The van der Waals surface area contributed by atoms with Crippen LogP contribution in [0.1, 0.15) is 35.2 Å². The summed E-state index contributed by atoms with van der Waals surface area (Å²) >= 11 is 0. The Labute approximate surface area is 126 Å². The first-order valence-electron chi connectivity index (χ1n) is 7.01. The zero-order valence-corrected chi connectivity index (χ0v) is 12.7. The fraction of sp³-hybridized carbons (Fsp3) is 0.278. The number of nitriles is 1. The van der Waals surface area contributed by atoms with Crippen LogP contribution in [0.15, 0.2) is 42.5 Å². The van der Waals surface area contributed by atoms with Gasteiger partial charge in [0.15, 0.2) is 0 Å². The Morgan fingerprint density at radius 1 is 1.24 bits per heavy atom. The Morgan fingerprint density at radius 3 is 2.71 bits per heavy atom. The molecule has 2 aromatic rings. The zero-order chi connectivity index (χ0) is 15.2.